The molecule has 0 aliphatic carbocycles. The van der Waals surface area contributed by atoms with E-state index in [1.54, 1.807) is 15.8 Å². The van der Waals surface area contributed by atoms with Crippen LogP contribution in [0.25, 0.3) is 10.9 Å². The van der Waals surface area contributed by atoms with Gasteiger partial charge in [0.05, 0.1) is 23.1 Å². The summed E-state index contributed by atoms with van der Waals surface area (Å²) < 4.78 is 1.70. The van der Waals surface area contributed by atoms with E-state index in [1.807, 2.05) is 55.5 Å². The highest BCUT2D eigenvalue weighted by Crippen LogP contribution is 2.31. The van der Waals surface area contributed by atoms with E-state index in [2.05, 4.69) is 10.4 Å². The van der Waals surface area contributed by atoms with Gasteiger partial charge in [-0.25, -0.2) is 0 Å². The molecule has 0 bridgehead atoms. The Kier molecular flexibility index (Phi) is 3.72. The molecule has 0 unspecified atom stereocenters. The van der Waals surface area contributed by atoms with Gasteiger partial charge in [0.2, 0.25) is 11.8 Å². The van der Waals surface area contributed by atoms with E-state index in [9.17, 15) is 9.59 Å². The Bertz CT molecular complexity index is 963. The van der Waals surface area contributed by atoms with Gasteiger partial charge >= 0.3 is 0 Å². The van der Waals surface area contributed by atoms with E-state index in [4.69, 9.17) is 0 Å². The first-order valence-electron chi connectivity index (χ1n) is 8.25. The van der Waals surface area contributed by atoms with Crippen molar-refractivity contribution in [3.05, 3.63) is 54.7 Å². The van der Waals surface area contributed by atoms with Gasteiger partial charge in [-0.05, 0) is 25.1 Å². The summed E-state index contributed by atoms with van der Waals surface area (Å²) >= 11 is 0. The fourth-order valence-corrected chi connectivity index (χ4v) is 3.32. The Morgan fingerprint density at radius 1 is 1.20 bits per heavy atom. The lowest BCUT2D eigenvalue weighted by molar-refractivity contribution is -0.120. The predicted molar refractivity (Wildman–Crippen MR) is 96.4 cm³/mol. The zero-order valence-electron chi connectivity index (χ0n) is 13.8. The van der Waals surface area contributed by atoms with Gasteiger partial charge in [-0.15, -0.1) is 0 Å². The van der Waals surface area contributed by atoms with Crippen LogP contribution in [0.2, 0.25) is 0 Å². The quantitative estimate of drug-likeness (QED) is 0.783. The summed E-state index contributed by atoms with van der Waals surface area (Å²) in [6.07, 6.45) is 2.02. The van der Waals surface area contributed by atoms with E-state index in [-0.39, 0.29) is 30.8 Å². The molecule has 0 saturated carbocycles. The summed E-state index contributed by atoms with van der Waals surface area (Å²) in [5.41, 5.74) is 2.30. The van der Waals surface area contributed by atoms with Crippen LogP contribution >= 0.6 is 0 Å². The van der Waals surface area contributed by atoms with E-state index in [1.165, 1.54) is 0 Å². The van der Waals surface area contributed by atoms with Crippen molar-refractivity contribution in [2.75, 3.05) is 10.2 Å². The zero-order valence-corrected chi connectivity index (χ0v) is 13.8. The number of aromatic nitrogens is 2. The third kappa shape index (κ3) is 2.76. The van der Waals surface area contributed by atoms with Crippen LogP contribution in [0.5, 0.6) is 0 Å². The van der Waals surface area contributed by atoms with Crippen molar-refractivity contribution in [1.29, 1.82) is 0 Å². The summed E-state index contributed by atoms with van der Waals surface area (Å²) in [5.74, 6) is -0.176. The SMILES string of the molecule is C[C@@H]1CC(=O)Nc2ccccc2N1C(=O)Cn1ncc2ccccc21. The molecule has 4 rings (SSSR count). The highest BCUT2D eigenvalue weighted by Gasteiger charge is 2.29. The van der Waals surface area contributed by atoms with Crippen LogP contribution in [-0.4, -0.2) is 27.6 Å². The van der Waals surface area contributed by atoms with E-state index >= 15 is 0 Å². The van der Waals surface area contributed by atoms with Gasteiger partial charge in [0.15, 0.2) is 0 Å². The molecule has 1 atom stereocenters. The van der Waals surface area contributed by atoms with Crippen molar-refractivity contribution in [2.24, 2.45) is 0 Å². The summed E-state index contributed by atoms with van der Waals surface area (Å²) in [6, 6.07) is 14.9. The molecule has 25 heavy (non-hydrogen) atoms. The smallest absolute Gasteiger partial charge is 0.249 e. The molecule has 0 fully saturated rings. The number of amides is 2. The maximum Gasteiger partial charge on any atom is 0.249 e. The number of hydrogen-bond donors (Lipinski definition) is 1. The summed E-state index contributed by atoms with van der Waals surface area (Å²) in [4.78, 5) is 26.8. The van der Waals surface area contributed by atoms with Crippen LogP contribution in [0.4, 0.5) is 11.4 Å². The number of anilines is 2. The van der Waals surface area contributed by atoms with Crippen LogP contribution in [0.15, 0.2) is 54.7 Å². The molecule has 2 amide bonds. The second kappa shape index (κ2) is 6.05. The number of nitrogens with zero attached hydrogens (tertiary/aromatic N) is 3. The Hall–Kier alpha value is -3.15. The summed E-state index contributed by atoms with van der Waals surface area (Å²) in [6.45, 7) is 2.02. The Morgan fingerprint density at radius 3 is 2.84 bits per heavy atom. The molecule has 0 radical (unpaired) electrons. The van der Waals surface area contributed by atoms with Gasteiger partial charge in [0, 0.05) is 17.8 Å². The Morgan fingerprint density at radius 2 is 1.96 bits per heavy atom. The van der Waals surface area contributed by atoms with Crippen molar-refractivity contribution in [2.45, 2.75) is 25.9 Å². The van der Waals surface area contributed by atoms with Crippen molar-refractivity contribution in [3.63, 3.8) is 0 Å². The van der Waals surface area contributed by atoms with Crippen molar-refractivity contribution in [1.82, 2.24) is 9.78 Å². The number of hydrogen-bond acceptors (Lipinski definition) is 3. The van der Waals surface area contributed by atoms with Crippen LogP contribution in [0, 0.1) is 0 Å². The number of carbonyl (C=O) groups excluding carboxylic acids is 2. The monoisotopic (exact) mass is 334 g/mol. The predicted octanol–water partition coefficient (Wildman–Crippen LogP) is 2.80. The largest absolute Gasteiger partial charge is 0.324 e. The minimum atomic E-state index is -0.224. The normalized spacial score (nSPS) is 17.1. The van der Waals surface area contributed by atoms with Crippen LogP contribution < -0.4 is 10.2 Å². The molecule has 6 heteroatoms. The molecule has 1 aliphatic rings. The molecule has 1 aliphatic heterocycles. The van der Waals surface area contributed by atoms with E-state index in [0.717, 1.165) is 16.6 Å². The fraction of sp³-hybridized carbons (Fsp3) is 0.211. The molecule has 3 aromatic rings. The number of fused-ring (bicyclic) bond motifs is 2. The fourth-order valence-electron chi connectivity index (χ4n) is 3.32. The molecule has 1 aromatic heterocycles. The number of para-hydroxylation sites is 3. The topological polar surface area (TPSA) is 67.2 Å². The van der Waals surface area contributed by atoms with Crippen LogP contribution in [0.1, 0.15) is 13.3 Å². The van der Waals surface area contributed by atoms with Crippen molar-refractivity contribution in [3.8, 4) is 0 Å². The maximum absolute atomic E-state index is 13.1. The van der Waals surface area contributed by atoms with Crippen LogP contribution in [-0.2, 0) is 16.1 Å². The van der Waals surface area contributed by atoms with Gasteiger partial charge in [-0.3, -0.25) is 14.3 Å². The maximum atomic E-state index is 13.1. The molecular formula is C19H18N4O2. The van der Waals surface area contributed by atoms with Gasteiger partial charge in [-0.2, -0.15) is 5.10 Å². The Labute approximate surface area is 145 Å². The first kappa shape index (κ1) is 15.4. The lowest BCUT2D eigenvalue weighted by Gasteiger charge is -2.28. The van der Waals surface area contributed by atoms with Crippen molar-refractivity contribution >= 4 is 34.1 Å². The second-order valence-corrected chi connectivity index (χ2v) is 6.24. The number of nitrogens with one attached hydrogen (secondary N) is 1. The molecule has 2 aromatic carbocycles. The highest BCUT2D eigenvalue weighted by molar-refractivity contribution is 6.04. The zero-order chi connectivity index (χ0) is 17.4. The minimum Gasteiger partial charge on any atom is -0.324 e. The minimum absolute atomic E-state index is 0.0835. The average molecular weight is 334 g/mol. The lowest BCUT2D eigenvalue weighted by atomic mass is 10.1. The van der Waals surface area contributed by atoms with E-state index in [0.29, 0.717) is 5.69 Å². The molecule has 126 valence electrons. The first-order chi connectivity index (χ1) is 12.1. The van der Waals surface area contributed by atoms with E-state index < -0.39 is 0 Å². The molecule has 2 heterocycles. The third-order valence-corrected chi connectivity index (χ3v) is 4.46. The van der Waals surface area contributed by atoms with Gasteiger partial charge in [-0.1, -0.05) is 30.3 Å². The molecule has 0 spiro atoms. The first-order valence-corrected chi connectivity index (χ1v) is 8.25. The molecular weight excluding hydrogens is 316 g/mol. The molecule has 6 nitrogen and oxygen atoms in total. The van der Waals surface area contributed by atoms with Gasteiger partial charge in [0.1, 0.15) is 6.54 Å². The summed E-state index contributed by atoms with van der Waals surface area (Å²) in [5, 5.41) is 8.20. The highest BCUT2D eigenvalue weighted by atomic mass is 16.2. The number of carbonyl (C=O) groups is 2. The van der Waals surface area contributed by atoms with Gasteiger partial charge in [0.25, 0.3) is 0 Å². The summed E-state index contributed by atoms with van der Waals surface area (Å²) in [7, 11) is 0. The standard InChI is InChI=1S/C19H18N4O2/c1-13-10-18(24)21-15-7-3-5-9-17(15)23(13)19(25)12-22-16-8-4-2-6-14(16)11-20-22/h2-9,11,13H,10,12H2,1H3,(H,21,24)/t13-/m1/s1. The molecule has 0 saturated heterocycles. The van der Waals surface area contributed by atoms with Crippen molar-refractivity contribution < 1.29 is 9.59 Å². The van der Waals surface area contributed by atoms with Gasteiger partial charge < -0.3 is 10.2 Å². The lowest BCUT2D eigenvalue weighted by Crippen LogP contribution is -2.41. The molecule has 1 N–H and O–H groups in total. The third-order valence-electron chi connectivity index (χ3n) is 4.46. The Balaban J connectivity index is 1.70. The number of benzene rings is 2. The second-order valence-electron chi connectivity index (χ2n) is 6.24. The average Bonchev–Trinajstić information content (AvgIpc) is 2.93. The number of rotatable bonds is 2. The van der Waals surface area contributed by atoms with Crippen LogP contribution in [0.3, 0.4) is 0 Å².